The van der Waals surface area contributed by atoms with E-state index >= 15 is 0 Å². The van der Waals surface area contributed by atoms with Gasteiger partial charge < -0.3 is 9.84 Å². The largest absolute Gasteiger partial charge is 0.497 e. The lowest BCUT2D eigenvalue weighted by Crippen LogP contribution is -2.53. The number of allylic oxidation sites excluding steroid dienone is 1. The summed E-state index contributed by atoms with van der Waals surface area (Å²) in [7, 11) is 1.75. The van der Waals surface area contributed by atoms with E-state index in [0.29, 0.717) is 11.8 Å². The predicted octanol–water partition coefficient (Wildman–Crippen LogP) is 4.63. The molecule has 1 aromatic rings. The molecule has 2 fully saturated rings. The van der Waals surface area contributed by atoms with Crippen LogP contribution >= 0.6 is 0 Å². The van der Waals surface area contributed by atoms with Crippen LogP contribution in [0.4, 0.5) is 0 Å². The highest BCUT2D eigenvalue weighted by atomic mass is 16.5. The summed E-state index contributed by atoms with van der Waals surface area (Å²) >= 11 is 0. The molecule has 4 aliphatic carbocycles. The van der Waals surface area contributed by atoms with Gasteiger partial charge in [0.25, 0.3) is 0 Å². The van der Waals surface area contributed by atoms with E-state index in [1.165, 1.54) is 24.0 Å². The van der Waals surface area contributed by atoms with Crippen molar-refractivity contribution < 1.29 is 9.84 Å². The lowest BCUT2D eigenvalue weighted by molar-refractivity contribution is -0.0933. The number of fused-ring (bicyclic) bond motifs is 3. The van der Waals surface area contributed by atoms with Crippen molar-refractivity contribution in [3.63, 3.8) is 0 Å². The Bertz CT molecular complexity index is 780. The van der Waals surface area contributed by atoms with E-state index in [0.717, 1.165) is 25.0 Å². The van der Waals surface area contributed by atoms with Crippen LogP contribution in [-0.4, -0.2) is 17.8 Å². The highest BCUT2D eigenvalue weighted by Gasteiger charge is 2.73. The van der Waals surface area contributed by atoms with Crippen LogP contribution in [-0.2, 0) is 6.42 Å². The SMILES string of the molecule is C=C[C@@H]1C[C@]23C=C[C@]1(O)[C@@]2(C)CC[C@@H]1c2ccc(OC)cc2CC[C@H]13. The standard InChI is InChI=1S/C23H28O2/c1-4-16-14-22-11-12-23(16,24)21(22,2)10-9-19-18-7-6-17(25-3)13-15(18)5-8-20(19)22/h4,6-7,11-13,16,19-20,24H,1,5,8-10,14H2,2-3H3/t16-,19-,20-,21+,22+,23-/m1/s1. The fourth-order valence-corrected chi connectivity index (χ4v) is 7.18. The molecule has 0 heterocycles. The lowest BCUT2D eigenvalue weighted by Gasteiger charge is -2.56. The number of ether oxygens (including phenoxy) is 1. The van der Waals surface area contributed by atoms with Crippen molar-refractivity contribution >= 4 is 0 Å². The molecule has 0 aromatic heterocycles. The van der Waals surface area contributed by atoms with Crippen LogP contribution in [0.3, 0.4) is 0 Å². The fourth-order valence-electron chi connectivity index (χ4n) is 7.18. The number of rotatable bonds is 2. The molecular weight excluding hydrogens is 308 g/mol. The second kappa shape index (κ2) is 4.79. The molecule has 0 spiro atoms. The average molecular weight is 336 g/mol. The van der Waals surface area contributed by atoms with Gasteiger partial charge in [0, 0.05) is 16.7 Å². The van der Waals surface area contributed by atoms with E-state index in [-0.39, 0.29) is 16.7 Å². The number of hydrogen-bond donors (Lipinski definition) is 1. The molecule has 1 N–H and O–H groups in total. The molecule has 4 aliphatic rings. The van der Waals surface area contributed by atoms with Crippen LogP contribution in [0.1, 0.15) is 49.7 Å². The van der Waals surface area contributed by atoms with E-state index in [9.17, 15) is 5.11 Å². The zero-order valence-corrected chi connectivity index (χ0v) is 15.3. The van der Waals surface area contributed by atoms with Crippen molar-refractivity contribution in [2.75, 3.05) is 7.11 Å². The summed E-state index contributed by atoms with van der Waals surface area (Å²) in [5, 5.41) is 11.5. The fraction of sp³-hybridized carbons (Fsp3) is 0.565. The van der Waals surface area contributed by atoms with Crippen LogP contribution in [0.15, 0.2) is 43.0 Å². The Labute approximate surface area is 150 Å². The van der Waals surface area contributed by atoms with E-state index in [1.807, 2.05) is 6.08 Å². The number of aliphatic hydroxyl groups is 1. The molecule has 2 nitrogen and oxygen atoms in total. The smallest absolute Gasteiger partial charge is 0.119 e. The first-order valence-electron chi connectivity index (χ1n) is 9.71. The highest BCUT2D eigenvalue weighted by Crippen LogP contribution is 2.76. The molecule has 0 amide bonds. The van der Waals surface area contributed by atoms with Crippen molar-refractivity contribution in [2.24, 2.45) is 22.7 Å². The zero-order valence-electron chi connectivity index (χ0n) is 15.3. The molecule has 132 valence electrons. The van der Waals surface area contributed by atoms with Crippen molar-refractivity contribution in [1.82, 2.24) is 0 Å². The first-order valence-corrected chi connectivity index (χ1v) is 9.71. The third-order valence-electron chi connectivity index (χ3n) is 8.53. The van der Waals surface area contributed by atoms with E-state index < -0.39 is 5.60 Å². The van der Waals surface area contributed by atoms with Gasteiger partial charge in [-0.2, -0.15) is 0 Å². The van der Waals surface area contributed by atoms with Crippen LogP contribution in [0.5, 0.6) is 5.75 Å². The second-order valence-corrected chi connectivity index (χ2v) is 8.93. The Morgan fingerprint density at radius 1 is 1.28 bits per heavy atom. The molecular formula is C23H28O2. The Kier molecular flexibility index (Phi) is 3.01. The quantitative estimate of drug-likeness (QED) is 0.798. The maximum absolute atomic E-state index is 11.5. The van der Waals surface area contributed by atoms with Crippen LogP contribution < -0.4 is 4.74 Å². The molecule has 0 aliphatic heterocycles. The number of aryl methyl sites for hydroxylation is 1. The summed E-state index contributed by atoms with van der Waals surface area (Å²) in [6.07, 6.45) is 12.2. The van der Waals surface area contributed by atoms with Gasteiger partial charge in [-0.3, -0.25) is 0 Å². The molecule has 1 aromatic carbocycles. The summed E-state index contributed by atoms with van der Waals surface area (Å²) in [4.78, 5) is 0. The third-order valence-corrected chi connectivity index (χ3v) is 8.53. The molecule has 0 unspecified atom stereocenters. The molecule has 25 heavy (non-hydrogen) atoms. The maximum Gasteiger partial charge on any atom is 0.119 e. The molecule has 5 rings (SSSR count). The topological polar surface area (TPSA) is 29.5 Å². The Balaban J connectivity index is 1.61. The zero-order chi connectivity index (χ0) is 17.4. The molecule has 2 saturated carbocycles. The van der Waals surface area contributed by atoms with Crippen molar-refractivity contribution in [3.05, 3.63) is 54.1 Å². The van der Waals surface area contributed by atoms with Gasteiger partial charge in [0.2, 0.25) is 0 Å². The molecule has 0 radical (unpaired) electrons. The second-order valence-electron chi connectivity index (χ2n) is 8.93. The van der Waals surface area contributed by atoms with Crippen molar-refractivity contribution in [3.8, 4) is 5.75 Å². The summed E-state index contributed by atoms with van der Waals surface area (Å²) in [5.41, 5.74) is 2.39. The van der Waals surface area contributed by atoms with Crippen LogP contribution in [0.25, 0.3) is 0 Å². The van der Waals surface area contributed by atoms with E-state index in [4.69, 9.17) is 4.74 Å². The first kappa shape index (κ1) is 15.7. The van der Waals surface area contributed by atoms with Crippen LogP contribution in [0, 0.1) is 22.7 Å². The first-order chi connectivity index (χ1) is 12.0. The Hall–Kier alpha value is -1.54. The molecule has 0 saturated heterocycles. The van der Waals surface area contributed by atoms with E-state index in [2.05, 4.69) is 43.9 Å². The summed E-state index contributed by atoms with van der Waals surface area (Å²) in [6.45, 7) is 6.39. The van der Waals surface area contributed by atoms with Crippen LogP contribution in [0.2, 0.25) is 0 Å². The monoisotopic (exact) mass is 336 g/mol. The predicted molar refractivity (Wildman–Crippen MR) is 99.7 cm³/mol. The number of methoxy groups -OCH3 is 1. The van der Waals surface area contributed by atoms with Crippen molar-refractivity contribution in [1.29, 1.82) is 0 Å². The van der Waals surface area contributed by atoms with Gasteiger partial charge in [-0.25, -0.2) is 0 Å². The van der Waals surface area contributed by atoms with Gasteiger partial charge in [0.1, 0.15) is 5.75 Å². The summed E-state index contributed by atoms with van der Waals surface area (Å²) in [6, 6.07) is 6.66. The minimum Gasteiger partial charge on any atom is -0.497 e. The van der Waals surface area contributed by atoms with E-state index in [1.54, 1.807) is 7.11 Å². The third kappa shape index (κ3) is 1.61. The summed E-state index contributed by atoms with van der Waals surface area (Å²) < 4.78 is 5.44. The van der Waals surface area contributed by atoms with Gasteiger partial charge in [-0.1, -0.05) is 31.2 Å². The molecule has 6 atom stereocenters. The van der Waals surface area contributed by atoms with Gasteiger partial charge in [-0.15, -0.1) is 6.58 Å². The highest BCUT2D eigenvalue weighted by molar-refractivity contribution is 5.45. The normalized spacial score (nSPS) is 46.3. The lowest BCUT2D eigenvalue weighted by atomic mass is 9.48. The minimum atomic E-state index is -0.695. The van der Waals surface area contributed by atoms with Gasteiger partial charge >= 0.3 is 0 Å². The number of hydrogen-bond acceptors (Lipinski definition) is 2. The maximum atomic E-state index is 11.5. The molecule has 2 heteroatoms. The van der Waals surface area contributed by atoms with Gasteiger partial charge in [0.05, 0.1) is 12.7 Å². The molecule has 2 bridgehead atoms. The minimum absolute atomic E-state index is 0.0377. The Morgan fingerprint density at radius 2 is 2.12 bits per heavy atom. The average Bonchev–Trinajstić information content (AvgIpc) is 2.99. The van der Waals surface area contributed by atoms with Gasteiger partial charge in [0.15, 0.2) is 0 Å². The van der Waals surface area contributed by atoms with Crippen molar-refractivity contribution in [2.45, 2.75) is 50.5 Å². The number of benzene rings is 1. The summed E-state index contributed by atoms with van der Waals surface area (Å²) in [5.74, 6) is 2.40. The van der Waals surface area contributed by atoms with Gasteiger partial charge in [-0.05, 0) is 67.2 Å². The Morgan fingerprint density at radius 3 is 2.88 bits per heavy atom.